The van der Waals surface area contributed by atoms with Gasteiger partial charge in [-0.2, -0.15) is 0 Å². The largest absolute Gasteiger partial charge is 0.493 e. The molecule has 0 saturated carbocycles. The van der Waals surface area contributed by atoms with E-state index >= 15 is 0 Å². The Bertz CT molecular complexity index is 1850. The van der Waals surface area contributed by atoms with E-state index in [1.807, 2.05) is 26.0 Å². The molecule has 12 nitrogen and oxygen atoms in total. The molecule has 0 aliphatic heterocycles. The third-order valence-electron chi connectivity index (χ3n) is 8.12. The fraction of sp³-hybridized carbons (Fsp3) is 0.353. The van der Waals surface area contributed by atoms with Gasteiger partial charge in [0.2, 0.25) is 23.0 Å². The van der Waals surface area contributed by atoms with Gasteiger partial charge in [-0.15, -0.1) is 0 Å². The summed E-state index contributed by atoms with van der Waals surface area (Å²) in [6.07, 6.45) is 1.11. The Morgan fingerprint density at radius 3 is 2.46 bits per heavy atom. The summed E-state index contributed by atoms with van der Waals surface area (Å²) in [6.45, 7) is 4.99. The van der Waals surface area contributed by atoms with Crippen LogP contribution in [-0.4, -0.2) is 54.3 Å². The molecule has 4 aromatic rings. The van der Waals surface area contributed by atoms with E-state index in [9.17, 15) is 19.5 Å². The lowest BCUT2D eigenvalue weighted by atomic mass is 9.95. The van der Waals surface area contributed by atoms with E-state index in [0.29, 0.717) is 63.8 Å². The molecule has 1 aliphatic rings. The summed E-state index contributed by atoms with van der Waals surface area (Å²) < 4.78 is 17.1. The summed E-state index contributed by atoms with van der Waals surface area (Å²) >= 11 is 0. The normalized spacial score (nSPS) is 14.5. The predicted molar refractivity (Wildman–Crippen MR) is 176 cm³/mol. The molecule has 46 heavy (non-hydrogen) atoms. The summed E-state index contributed by atoms with van der Waals surface area (Å²) in [5.41, 5.74) is 4.73. The second kappa shape index (κ2) is 13.5. The third kappa shape index (κ3) is 6.34. The fourth-order valence-corrected chi connectivity index (χ4v) is 5.96. The fourth-order valence-electron chi connectivity index (χ4n) is 5.96. The van der Waals surface area contributed by atoms with Crippen LogP contribution in [0, 0.1) is 5.92 Å². The van der Waals surface area contributed by atoms with Gasteiger partial charge in [0.05, 0.1) is 44.1 Å². The van der Waals surface area contributed by atoms with Crippen molar-refractivity contribution in [3.63, 3.8) is 0 Å². The molecule has 2 atom stereocenters. The molecule has 1 aliphatic carbocycles. The highest BCUT2D eigenvalue weighted by Gasteiger charge is 2.30. The first kappa shape index (κ1) is 32.3. The number of carbonyl (C=O) groups is 2. The lowest BCUT2D eigenvalue weighted by Crippen LogP contribution is -2.39. The number of rotatable bonds is 10. The minimum atomic E-state index is -0.766. The number of anilines is 2. The Morgan fingerprint density at radius 2 is 1.80 bits per heavy atom. The van der Waals surface area contributed by atoms with Crippen LogP contribution in [0.1, 0.15) is 50.2 Å². The molecule has 1 aromatic heterocycles. The van der Waals surface area contributed by atoms with Crippen molar-refractivity contribution in [3.05, 3.63) is 69.6 Å². The van der Waals surface area contributed by atoms with E-state index in [1.165, 1.54) is 20.1 Å². The number of H-pyrrole nitrogens is 1. The minimum absolute atomic E-state index is 0.190. The molecule has 0 spiro atoms. The lowest BCUT2D eigenvalue weighted by molar-refractivity contribution is -0.120. The standard InChI is InChI=1S/C34H39N5O7/c1-17(2)31(34(43)36-20-8-11-24-26(14-20)38-29(16-40)37-24)39-25-12-9-21-22(15-27(25)42)23(35-18(3)41)10-7-19-13-28(44-4)32(45-5)33(46-6)30(19)21/h8-9,11-15,17,23,31,40H,7,10,16H2,1-6H3,(H,35,41)(H,36,43)(H,37,38)(H,39,42). The summed E-state index contributed by atoms with van der Waals surface area (Å²) in [7, 11) is 4.63. The molecule has 3 aromatic carbocycles. The lowest BCUT2D eigenvalue weighted by Gasteiger charge is -2.22. The van der Waals surface area contributed by atoms with Gasteiger partial charge in [-0.25, -0.2) is 4.98 Å². The number of imidazole rings is 1. The van der Waals surface area contributed by atoms with Gasteiger partial charge in [-0.05, 0) is 71.8 Å². The van der Waals surface area contributed by atoms with Gasteiger partial charge in [0, 0.05) is 18.2 Å². The zero-order valence-electron chi connectivity index (χ0n) is 26.7. The number of hydrogen-bond donors (Lipinski definition) is 5. The Morgan fingerprint density at radius 1 is 1.04 bits per heavy atom. The first-order valence-electron chi connectivity index (χ1n) is 15.0. The van der Waals surface area contributed by atoms with Crippen molar-refractivity contribution in [3.8, 4) is 28.4 Å². The van der Waals surface area contributed by atoms with E-state index in [4.69, 9.17) is 14.2 Å². The van der Waals surface area contributed by atoms with Crippen LogP contribution >= 0.6 is 0 Å². The first-order valence-corrected chi connectivity index (χ1v) is 15.0. The highest BCUT2D eigenvalue weighted by Crippen LogP contribution is 2.50. The van der Waals surface area contributed by atoms with Crippen molar-refractivity contribution in [2.45, 2.75) is 52.3 Å². The van der Waals surface area contributed by atoms with Crippen molar-refractivity contribution >= 4 is 34.2 Å². The zero-order chi connectivity index (χ0) is 33.1. The van der Waals surface area contributed by atoms with Crippen LogP contribution < -0.4 is 35.6 Å². The van der Waals surface area contributed by atoms with Crippen LogP contribution in [0.3, 0.4) is 0 Å². The molecule has 0 saturated heterocycles. The maximum atomic E-state index is 13.8. The number of aryl methyl sites for hydroxylation is 1. The maximum absolute atomic E-state index is 13.8. The summed E-state index contributed by atoms with van der Waals surface area (Å²) in [4.78, 5) is 47.0. The van der Waals surface area contributed by atoms with Gasteiger partial charge in [0.25, 0.3) is 0 Å². The number of aromatic amines is 1. The Kier molecular flexibility index (Phi) is 9.47. The minimum Gasteiger partial charge on any atom is -0.493 e. The van der Waals surface area contributed by atoms with Crippen LogP contribution in [0.15, 0.2) is 47.3 Å². The molecule has 242 valence electrons. The number of aromatic nitrogens is 2. The number of aliphatic hydroxyl groups is 1. The molecule has 1 heterocycles. The number of fused-ring (bicyclic) bond motifs is 4. The molecule has 5 rings (SSSR count). The van der Waals surface area contributed by atoms with Crippen molar-refractivity contribution in [1.29, 1.82) is 0 Å². The Balaban J connectivity index is 1.56. The number of carbonyl (C=O) groups excluding carboxylic acids is 2. The van der Waals surface area contributed by atoms with Gasteiger partial charge < -0.3 is 40.3 Å². The Labute approximate surface area is 266 Å². The highest BCUT2D eigenvalue weighted by atomic mass is 16.5. The van der Waals surface area contributed by atoms with Gasteiger partial charge >= 0.3 is 0 Å². The summed E-state index contributed by atoms with van der Waals surface area (Å²) in [6, 6.07) is 10.9. The average Bonchev–Trinajstić information content (AvgIpc) is 3.31. The van der Waals surface area contributed by atoms with E-state index in [-0.39, 0.29) is 35.5 Å². The zero-order valence-corrected chi connectivity index (χ0v) is 26.7. The van der Waals surface area contributed by atoms with E-state index in [1.54, 1.807) is 38.5 Å². The van der Waals surface area contributed by atoms with Gasteiger partial charge in [0.15, 0.2) is 11.5 Å². The van der Waals surface area contributed by atoms with Crippen LogP contribution in [-0.2, 0) is 22.6 Å². The first-order chi connectivity index (χ1) is 22.1. The molecule has 12 heteroatoms. The molecule has 2 amide bonds. The number of benzene rings is 2. The highest BCUT2D eigenvalue weighted by molar-refractivity contribution is 5.98. The maximum Gasteiger partial charge on any atom is 0.247 e. The number of hydrogen-bond acceptors (Lipinski definition) is 9. The molecule has 0 radical (unpaired) electrons. The van der Waals surface area contributed by atoms with Gasteiger partial charge in [-0.1, -0.05) is 19.9 Å². The smallest absolute Gasteiger partial charge is 0.247 e. The molecule has 2 unspecified atom stereocenters. The molecule has 0 bridgehead atoms. The number of nitrogens with one attached hydrogen (secondary N) is 4. The second-order valence-electron chi connectivity index (χ2n) is 11.5. The number of aliphatic hydroxyl groups excluding tert-OH is 1. The quantitative estimate of drug-likeness (QED) is 0.172. The van der Waals surface area contributed by atoms with Gasteiger partial charge in [-0.3, -0.25) is 14.4 Å². The third-order valence-corrected chi connectivity index (χ3v) is 8.12. The molecular weight excluding hydrogens is 590 g/mol. The average molecular weight is 630 g/mol. The van der Waals surface area contributed by atoms with Crippen molar-refractivity contribution in [1.82, 2.24) is 15.3 Å². The van der Waals surface area contributed by atoms with E-state index in [0.717, 1.165) is 11.1 Å². The summed E-state index contributed by atoms with van der Waals surface area (Å²) in [5.74, 6) is 1.06. The summed E-state index contributed by atoms with van der Waals surface area (Å²) in [5, 5.41) is 18.5. The number of ether oxygens (including phenoxy) is 3. The van der Waals surface area contributed by atoms with E-state index < -0.39 is 12.1 Å². The Hall–Kier alpha value is -5.10. The van der Waals surface area contributed by atoms with Crippen LogP contribution in [0.4, 0.5) is 11.4 Å². The second-order valence-corrected chi connectivity index (χ2v) is 11.5. The van der Waals surface area contributed by atoms with E-state index in [2.05, 4.69) is 25.9 Å². The number of methoxy groups -OCH3 is 3. The number of amides is 2. The number of nitrogens with zero attached hydrogens (tertiary/aromatic N) is 1. The van der Waals surface area contributed by atoms with Crippen molar-refractivity contribution in [2.75, 3.05) is 32.0 Å². The molecular formula is C34H39N5O7. The molecule has 5 N–H and O–H groups in total. The predicted octanol–water partition coefficient (Wildman–Crippen LogP) is 4.31. The molecule has 0 fully saturated rings. The van der Waals surface area contributed by atoms with Crippen LogP contribution in [0.5, 0.6) is 17.2 Å². The van der Waals surface area contributed by atoms with Gasteiger partial charge in [0.1, 0.15) is 18.5 Å². The van der Waals surface area contributed by atoms with Crippen molar-refractivity contribution < 1.29 is 28.9 Å². The van der Waals surface area contributed by atoms with Crippen molar-refractivity contribution in [2.24, 2.45) is 5.92 Å². The van der Waals surface area contributed by atoms with Crippen LogP contribution in [0.2, 0.25) is 0 Å². The SMILES string of the molecule is COc1cc2c(c(OC)c1OC)-c1ccc(NC(C(=O)Nc3ccc4nc(CO)[nH]c4c3)C(C)C)c(=O)cc1C(NC(C)=O)CC2. The monoisotopic (exact) mass is 629 g/mol. The van der Waals surface area contributed by atoms with Crippen LogP contribution in [0.25, 0.3) is 22.2 Å². The topological polar surface area (TPSA) is 164 Å².